The van der Waals surface area contributed by atoms with Crippen molar-refractivity contribution in [3.05, 3.63) is 0 Å². The quantitative estimate of drug-likeness (QED) is 0.0535. The van der Waals surface area contributed by atoms with Crippen LogP contribution in [0.4, 0.5) is 0 Å². The summed E-state index contributed by atoms with van der Waals surface area (Å²) in [5.41, 5.74) is 0. The van der Waals surface area contributed by atoms with Crippen LogP contribution in [0.3, 0.4) is 0 Å². The van der Waals surface area contributed by atoms with E-state index in [9.17, 15) is 15.0 Å². The first-order valence-corrected chi connectivity index (χ1v) is 27.7. The highest BCUT2D eigenvalue weighted by molar-refractivity contribution is 5.76. The Labute approximate surface area is 372 Å². The normalized spacial score (nSPS) is 12.7. The second-order valence-electron chi connectivity index (χ2n) is 19.4. The Morgan fingerprint density at radius 2 is 0.542 bits per heavy atom. The van der Waals surface area contributed by atoms with Crippen LogP contribution in [-0.4, -0.2) is 34.9 Å². The van der Waals surface area contributed by atoms with Crippen LogP contribution >= 0.6 is 0 Å². The largest absolute Gasteiger partial charge is 0.394 e. The molecule has 2 unspecified atom stereocenters. The van der Waals surface area contributed by atoms with E-state index in [1.165, 1.54) is 276 Å². The van der Waals surface area contributed by atoms with Gasteiger partial charge in [0.2, 0.25) is 5.91 Å². The van der Waals surface area contributed by atoms with Crippen molar-refractivity contribution in [2.75, 3.05) is 6.61 Å². The molecule has 0 heterocycles. The Hall–Kier alpha value is -0.610. The van der Waals surface area contributed by atoms with Crippen molar-refractivity contribution in [2.24, 2.45) is 0 Å². The SMILES string of the molecule is CCCCCCCCCCCCCCCCCCCCCCCCCCCCCCCC(=O)NC(CO)C(O)CCCCCCCCCCCCCCCCCCCC. The number of hydrogen-bond acceptors (Lipinski definition) is 3. The van der Waals surface area contributed by atoms with Gasteiger partial charge in [-0.15, -0.1) is 0 Å². The van der Waals surface area contributed by atoms with Gasteiger partial charge in [-0.05, 0) is 12.8 Å². The lowest BCUT2D eigenvalue weighted by atomic mass is 10.0. The van der Waals surface area contributed by atoms with E-state index in [1.807, 2.05) is 0 Å². The molecule has 4 nitrogen and oxygen atoms in total. The Kier molecular flexibility index (Phi) is 51.2. The van der Waals surface area contributed by atoms with E-state index in [0.717, 1.165) is 25.7 Å². The van der Waals surface area contributed by atoms with Gasteiger partial charge in [0, 0.05) is 6.42 Å². The molecule has 0 aliphatic carbocycles. The van der Waals surface area contributed by atoms with Crippen LogP contribution in [0.25, 0.3) is 0 Å². The van der Waals surface area contributed by atoms with Crippen molar-refractivity contribution < 1.29 is 15.0 Å². The van der Waals surface area contributed by atoms with Crippen molar-refractivity contribution in [2.45, 2.75) is 341 Å². The van der Waals surface area contributed by atoms with Crippen LogP contribution < -0.4 is 5.32 Å². The van der Waals surface area contributed by atoms with Gasteiger partial charge in [-0.25, -0.2) is 0 Å². The van der Waals surface area contributed by atoms with Gasteiger partial charge in [-0.3, -0.25) is 4.79 Å². The Morgan fingerprint density at radius 1 is 0.339 bits per heavy atom. The van der Waals surface area contributed by atoms with E-state index in [1.54, 1.807) is 0 Å². The highest BCUT2D eigenvalue weighted by atomic mass is 16.3. The Bertz CT molecular complexity index is 773. The van der Waals surface area contributed by atoms with E-state index in [0.29, 0.717) is 12.8 Å². The summed E-state index contributed by atoms with van der Waals surface area (Å²) in [5.74, 6) is -0.0223. The number of amides is 1. The van der Waals surface area contributed by atoms with Gasteiger partial charge in [0.15, 0.2) is 0 Å². The molecular formula is C55H111NO3. The van der Waals surface area contributed by atoms with Gasteiger partial charge in [-0.2, -0.15) is 0 Å². The minimum Gasteiger partial charge on any atom is -0.394 e. The summed E-state index contributed by atoms with van der Waals surface area (Å²) >= 11 is 0. The molecule has 0 bridgehead atoms. The van der Waals surface area contributed by atoms with Gasteiger partial charge in [-0.1, -0.05) is 309 Å². The minimum atomic E-state index is -0.654. The molecule has 3 N–H and O–H groups in total. The molecule has 0 aromatic heterocycles. The molecule has 0 aromatic rings. The van der Waals surface area contributed by atoms with E-state index >= 15 is 0 Å². The maximum atomic E-state index is 12.5. The fraction of sp³-hybridized carbons (Fsp3) is 0.982. The number of nitrogens with one attached hydrogen (secondary N) is 1. The molecular weight excluding hydrogens is 723 g/mol. The third-order valence-corrected chi connectivity index (χ3v) is 13.4. The molecule has 4 heteroatoms. The number of rotatable bonds is 52. The minimum absolute atomic E-state index is 0.0223. The molecule has 0 rings (SSSR count). The van der Waals surface area contributed by atoms with Crippen LogP contribution in [0.15, 0.2) is 0 Å². The summed E-state index contributed by atoms with van der Waals surface area (Å²) in [5, 5.41) is 23.3. The lowest BCUT2D eigenvalue weighted by molar-refractivity contribution is -0.123. The fourth-order valence-corrected chi connectivity index (χ4v) is 9.13. The number of carbonyl (C=O) groups is 1. The lowest BCUT2D eigenvalue weighted by Gasteiger charge is -2.22. The van der Waals surface area contributed by atoms with Crippen molar-refractivity contribution in [3.8, 4) is 0 Å². The molecule has 0 radical (unpaired) electrons. The predicted octanol–water partition coefficient (Wildman–Crippen LogP) is 18.0. The van der Waals surface area contributed by atoms with Gasteiger partial charge >= 0.3 is 0 Å². The van der Waals surface area contributed by atoms with Gasteiger partial charge in [0.05, 0.1) is 18.8 Å². The third-order valence-electron chi connectivity index (χ3n) is 13.4. The monoisotopic (exact) mass is 834 g/mol. The van der Waals surface area contributed by atoms with Crippen LogP contribution in [-0.2, 0) is 4.79 Å². The predicted molar refractivity (Wildman–Crippen MR) is 263 cm³/mol. The molecule has 59 heavy (non-hydrogen) atoms. The zero-order valence-corrected chi connectivity index (χ0v) is 40.8. The summed E-state index contributed by atoms with van der Waals surface area (Å²) in [7, 11) is 0. The number of aliphatic hydroxyl groups is 2. The zero-order chi connectivity index (χ0) is 42.8. The molecule has 1 amide bonds. The number of unbranched alkanes of at least 4 members (excludes halogenated alkanes) is 45. The first-order chi connectivity index (χ1) is 29.2. The zero-order valence-electron chi connectivity index (χ0n) is 40.8. The van der Waals surface area contributed by atoms with E-state index in [2.05, 4.69) is 19.2 Å². The first kappa shape index (κ1) is 58.4. The van der Waals surface area contributed by atoms with Crippen LogP contribution in [0, 0.1) is 0 Å². The molecule has 2 atom stereocenters. The summed E-state index contributed by atoms with van der Waals surface area (Å²) < 4.78 is 0. The van der Waals surface area contributed by atoms with Gasteiger partial charge in [0.1, 0.15) is 0 Å². The number of aliphatic hydroxyl groups excluding tert-OH is 2. The van der Waals surface area contributed by atoms with E-state index in [-0.39, 0.29) is 12.5 Å². The topological polar surface area (TPSA) is 69.6 Å². The van der Waals surface area contributed by atoms with Gasteiger partial charge in [0.25, 0.3) is 0 Å². The summed E-state index contributed by atoms with van der Waals surface area (Å²) in [6.07, 6.45) is 65.2. The third kappa shape index (κ3) is 48.3. The molecule has 0 aliphatic rings. The second kappa shape index (κ2) is 51.7. The molecule has 0 aliphatic heterocycles. The molecule has 0 saturated heterocycles. The summed E-state index contributed by atoms with van der Waals surface area (Å²) in [6.45, 7) is 4.40. The van der Waals surface area contributed by atoms with Crippen molar-refractivity contribution in [3.63, 3.8) is 0 Å². The molecule has 354 valence electrons. The first-order valence-electron chi connectivity index (χ1n) is 27.7. The van der Waals surface area contributed by atoms with Crippen molar-refractivity contribution in [1.29, 1.82) is 0 Å². The average Bonchev–Trinajstić information content (AvgIpc) is 3.24. The maximum Gasteiger partial charge on any atom is 0.220 e. The second-order valence-corrected chi connectivity index (χ2v) is 19.4. The standard InChI is InChI=1S/C55H111NO3/c1-3-5-7-9-11-13-15-17-19-21-23-24-25-26-27-28-29-30-31-32-33-35-37-39-41-43-45-47-49-51-55(59)56-53(52-57)54(58)50-48-46-44-42-40-38-36-34-22-20-18-16-14-12-10-8-6-4-2/h53-54,57-58H,3-52H2,1-2H3,(H,56,59). The maximum absolute atomic E-state index is 12.5. The molecule has 0 fully saturated rings. The highest BCUT2D eigenvalue weighted by Crippen LogP contribution is 2.18. The molecule has 0 spiro atoms. The van der Waals surface area contributed by atoms with Crippen LogP contribution in [0.5, 0.6) is 0 Å². The van der Waals surface area contributed by atoms with E-state index in [4.69, 9.17) is 0 Å². The number of hydrogen-bond donors (Lipinski definition) is 3. The van der Waals surface area contributed by atoms with Crippen LogP contribution in [0.2, 0.25) is 0 Å². The number of carbonyl (C=O) groups excluding carboxylic acids is 1. The molecule has 0 aromatic carbocycles. The van der Waals surface area contributed by atoms with Gasteiger partial charge < -0.3 is 15.5 Å². The highest BCUT2D eigenvalue weighted by Gasteiger charge is 2.20. The van der Waals surface area contributed by atoms with Crippen molar-refractivity contribution in [1.82, 2.24) is 5.32 Å². The fourth-order valence-electron chi connectivity index (χ4n) is 9.13. The summed E-state index contributed by atoms with van der Waals surface area (Å²) in [4.78, 5) is 12.5. The van der Waals surface area contributed by atoms with E-state index < -0.39 is 12.1 Å². The molecule has 0 saturated carbocycles. The van der Waals surface area contributed by atoms with Crippen molar-refractivity contribution >= 4 is 5.91 Å². The summed E-state index contributed by atoms with van der Waals surface area (Å²) in [6, 6.07) is -0.531. The smallest absolute Gasteiger partial charge is 0.220 e. The Balaban J connectivity index is 3.38. The average molecular weight is 834 g/mol. The Morgan fingerprint density at radius 3 is 0.763 bits per heavy atom. The van der Waals surface area contributed by atoms with Crippen LogP contribution in [0.1, 0.15) is 328 Å². The lowest BCUT2D eigenvalue weighted by Crippen LogP contribution is -2.45.